The first kappa shape index (κ1) is 13.2. The zero-order valence-corrected chi connectivity index (χ0v) is 11.0. The Kier molecular flexibility index (Phi) is 5.00. The molecule has 16 heavy (non-hydrogen) atoms. The lowest BCUT2D eigenvalue weighted by Crippen LogP contribution is -2.27. The number of rotatable bonds is 6. The van der Waals surface area contributed by atoms with Gasteiger partial charge < -0.3 is 5.73 Å². The molecule has 0 aromatic carbocycles. The Morgan fingerprint density at radius 1 is 1.31 bits per heavy atom. The molecule has 92 valence electrons. The maximum Gasteiger partial charge on any atom is 0.0628 e. The first-order valence-corrected chi connectivity index (χ1v) is 6.38. The Morgan fingerprint density at radius 2 is 2.00 bits per heavy atom. The number of nitrogens with two attached hydrogens (primary N) is 1. The number of hydrogen-bond acceptors (Lipinski definition) is 2. The fourth-order valence-electron chi connectivity index (χ4n) is 1.89. The summed E-state index contributed by atoms with van der Waals surface area (Å²) < 4.78 is 2.06. The topological polar surface area (TPSA) is 43.8 Å². The van der Waals surface area contributed by atoms with Gasteiger partial charge in [0.05, 0.1) is 5.69 Å². The van der Waals surface area contributed by atoms with Crippen LogP contribution in [0.3, 0.4) is 0 Å². The minimum absolute atomic E-state index is 0.249. The van der Waals surface area contributed by atoms with E-state index in [9.17, 15) is 0 Å². The molecule has 0 aliphatic carbocycles. The van der Waals surface area contributed by atoms with Gasteiger partial charge >= 0.3 is 0 Å². The third-order valence-corrected chi connectivity index (χ3v) is 3.45. The van der Waals surface area contributed by atoms with Crippen molar-refractivity contribution in [1.29, 1.82) is 0 Å². The molecule has 0 bridgehead atoms. The van der Waals surface area contributed by atoms with E-state index in [-0.39, 0.29) is 6.04 Å². The van der Waals surface area contributed by atoms with Crippen LogP contribution in [0, 0.1) is 5.92 Å². The zero-order chi connectivity index (χ0) is 12.1. The van der Waals surface area contributed by atoms with E-state index in [1.54, 1.807) is 0 Å². The second kappa shape index (κ2) is 6.04. The predicted octanol–water partition coefficient (Wildman–Crippen LogP) is 2.77. The van der Waals surface area contributed by atoms with Gasteiger partial charge in [-0.05, 0) is 38.7 Å². The lowest BCUT2D eigenvalue weighted by molar-refractivity contribution is 0.415. The lowest BCUT2D eigenvalue weighted by Gasteiger charge is -2.17. The van der Waals surface area contributed by atoms with Crippen LogP contribution in [0.4, 0.5) is 0 Å². The highest BCUT2D eigenvalue weighted by Crippen LogP contribution is 2.15. The molecule has 3 heteroatoms. The third kappa shape index (κ3) is 3.34. The minimum atomic E-state index is 0.249. The van der Waals surface area contributed by atoms with Crippen LogP contribution >= 0.6 is 0 Å². The lowest BCUT2D eigenvalue weighted by atomic mass is 9.94. The van der Waals surface area contributed by atoms with Crippen molar-refractivity contribution >= 4 is 0 Å². The van der Waals surface area contributed by atoms with Crippen LogP contribution in [0.15, 0.2) is 12.3 Å². The van der Waals surface area contributed by atoms with Crippen molar-refractivity contribution < 1.29 is 0 Å². The Hall–Kier alpha value is -0.830. The van der Waals surface area contributed by atoms with Crippen molar-refractivity contribution in [3.8, 4) is 0 Å². The molecular weight excluding hydrogens is 198 g/mol. The summed E-state index contributed by atoms with van der Waals surface area (Å²) in [7, 11) is 0. The molecule has 0 saturated heterocycles. The van der Waals surface area contributed by atoms with Crippen LogP contribution in [-0.4, -0.2) is 15.8 Å². The summed E-state index contributed by atoms with van der Waals surface area (Å²) in [5.41, 5.74) is 7.12. The summed E-state index contributed by atoms with van der Waals surface area (Å²) in [6.45, 7) is 8.65. The second-order valence-corrected chi connectivity index (χ2v) is 4.78. The van der Waals surface area contributed by atoms with Gasteiger partial charge in [-0.3, -0.25) is 4.68 Å². The highest BCUT2D eigenvalue weighted by Gasteiger charge is 2.14. The number of nitrogens with zero attached hydrogens (tertiary/aromatic N) is 2. The molecule has 3 atom stereocenters. The average molecular weight is 223 g/mol. The molecule has 0 amide bonds. The highest BCUT2D eigenvalue weighted by molar-refractivity contribution is 5.01. The maximum absolute atomic E-state index is 5.95. The van der Waals surface area contributed by atoms with E-state index in [2.05, 4.69) is 49.7 Å². The van der Waals surface area contributed by atoms with E-state index in [1.165, 1.54) is 5.69 Å². The fraction of sp³-hybridized carbons (Fsp3) is 0.769. The molecule has 1 aromatic heterocycles. The van der Waals surface area contributed by atoms with E-state index in [0.717, 1.165) is 19.3 Å². The average Bonchev–Trinajstić information content (AvgIpc) is 2.72. The SMILES string of the molecule is CCC(Cc1ccn(C(C)CC)n1)C(C)N. The molecule has 0 saturated carbocycles. The molecule has 3 nitrogen and oxygen atoms in total. The van der Waals surface area contributed by atoms with Gasteiger partial charge in [0, 0.05) is 18.3 Å². The van der Waals surface area contributed by atoms with Gasteiger partial charge in [0.15, 0.2) is 0 Å². The van der Waals surface area contributed by atoms with Crippen molar-refractivity contribution in [3.63, 3.8) is 0 Å². The van der Waals surface area contributed by atoms with Crippen molar-refractivity contribution in [1.82, 2.24) is 9.78 Å². The first-order chi connectivity index (χ1) is 7.58. The van der Waals surface area contributed by atoms with Crippen molar-refractivity contribution in [2.45, 2.75) is 59.0 Å². The highest BCUT2D eigenvalue weighted by atomic mass is 15.3. The molecule has 0 aliphatic rings. The van der Waals surface area contributed by atoms with Gasteiger partial charge in [-0.15, -0.1) is 0 Å². The zero-order valence-electron chi connectivity index (χ0n) is 11.0. The Bertz CT molecular complexity index is 304. The van der Waals surface area contributed by atoms with Gasteiger partial charge in [-0.2, -0.15) is 5.10 Å². The molecule has 1 rings (SSSR count). The summed E-state index contributed by atoms with van der Waals surface area (Å²) in [5, 5.41) is 4.61. The van der Waals surface area contributed by atoms with Crippen molar-refractivity contribution in [2.24, 2.45) is 11.7 Å². The van der Waals surface area contributed by atoms with Crippen LogP contribution < -0.4 is 5.73 Å². The molecule has 0 fully saturated rings. The molecule has 3 unspecified atom stereocenters. The van der Waals surface area contributed by atoms with Crippen LogP contribution in [0.1, 0.15) is 52.3 Å². The standard InChI is InChI=1S/C13H25N3/c1-5-10(3)16-8-7-13(15-16)9-12(6-2)11(4)14/h7-8,10-12H,5-6,9,14H2,1-4H3. The fourth-order valence-corrected chi connectivity index (χ4v) is 1.89. The monoisotopic (exact) mass is 223 g/mol. The summed E-state index contributed by atoms with van der Waals surface area (Å²) in [4.78, 5) is 0. The van der Waals surface area contributed by atoms with E-state index in [4.69, 9.17) is 5.73 Å². The number of aromatic nitrogens is 2. The largest absolute Gasteiger partial charge is 0.328 e. The second-order valence-electron chi connectivity index (χ2n) is 4.78. The summed E-state index contributed by atoms with van der Waals surface area (Å²) >= 11 is 0. The van der Waals surface area contributed by atoms with Gasteiger partial charge in [-0.1, -0.05) is 20.3 Å². The van der Waals surface area contributed by atoms with Crippen LogP contribution in [-0.2, 0) is 6.42 Å². The summed E-state index contributed by atoms with van der Waals surface area (Å²) in [6.07, 6.45) is 5.31. The molecule has 0 spiro atoms. The van der Waals surface area contributed by atoms with E-state index < -0.39 is 0 Å². The quantitative estimate of drug-likeness (QED) is 0.806. The predicted molar refractivity (Wildman–Crippen MR) is 68.4 cm³/mol. The summed E-state index contributed by atoms with van der Waals surface area (Å²) in [5.74, 6) is 0.542. The molecule has 0 radical (unpaired) electrons. The van der Waals surface area contributed by atoms with Crippen LogP contribution in [0.25, 0.3) is 0 Å². The molecule has 1 aromatic rings. The van der Waals surface area contributed by atoms with Gasteiger partial charge in [0.2, 0.25) is 0 Å². The van der Waals surface area contributed by atoms with Crippen LogP contribution in [0.5, 0.6) is 0 Å². The Morgan fingerprint density at radius 3 is 2.50 bits per heavy atom. The van der Waals surface area contributed by atoms with Gasteiger partial charge in [-0.25, -0.2) is 0 Å². The smallest absolute Gasteiger partial charge is 0.0628 e. The van der Waals surface area contributed by atoms with Gasteiger partial charge in [0.25, 0.3) is 0 Å². The molecular formula is C13H25N3. The molecule has 1 heterocycles. The van der Waals surface area contributed by atoms with Crippen molar-refractivity contribution in [2.75, 3.05) is 0 Å². The summed E-state index contributed by atoms with van der Waals surface area (Å²) in [6, 6.07) is 2.86. The normalized spacial score (nSPS) is 17.1. The minimum Gasteiger partial charge on any atom is -0.328 e. The third-order valence-electron chi connectivity index (χ3n) is 3.45. The van der Waals surface area contributed by atoms with Crippen LogP contribution in [0.2, 0.25) is 0 Å². The maximum atomic E-state index is 5.95. The molecule has 0 aliphatic heterocycles. The van der Waals surface area contributed by atoms with E-state index in [1.807, 2.05) is 0 Å². The Balaban J connectivity index is 2.64. The Labute approximate surface area is 99.0 Å². The van der Waals surface area contributed by atoms with Gasteiger partial charge in [0.1, 0.15) is 0 Å². The van der Waals surface area contributed by atoms with E-state index >= 15 is 0 Å². The van der Waals surface area contributed by atoms with Crippen molar-refractivity contribution in [3.05, 3.63) is 18.0 Å². The molecule has 2 N–H and O–H groups in total. The van der Waals surface area contributed by atoms with E-state index in [0.29, 0.717) is 12.0 Å². The first-order valence-electron chi connectivity index (χ1n) is 6.38. The number of hydrogen-bond donors (Lipinski definition) is 1.